The van der Waals surface area contributed by atoms with Crippen molar-refractivity contribution in [3.63, 3.8) is 0 Å². The minimum absolute atomic E-state index is 0.247. The summed E-state index contributed by atoms with van der Waals surface area (Å²) in [5.41, 5.74) is 1.88. The highest BCUT2D eigenvalue weighted by Gasteiger charge is 2.12. The van der Waals surface area contributed by atoms with Crippen molar-refractivity contribution < 1.29 is 14.3 Å². The average Bonchev–Trinajstić information content (AvgIpc) is 3.11. The summed E-state index contributed by atoms with van der Waals surface area (Å²) < 4.78 is 10.5. The number of anilines is 3. The van der Waals surface area contributed by atoms with Gasteiger partial charge < -0.3 is 20.1 Å². The minimum Gasteiger partial charge on any atom is -0.493 e. The van der Waals surface area contributed by atoms with Gasteiger partial charge in [-0.05, 0) is 24.3 Å². The second-order valence-electron chi connectivity index (χ2n) is 5.05. The van der Waals surface area contributed by atoms with E-state index in [1.807, 2.05) is 42.5 Å². The van der Waals surface area contributed by atoms with E-state index in [4.69, 9.17) is 9.47 Å². The molecule has 3 rings (SSSR count). The summed E-state index contributed by atoms with van der Waals surface area (Å²) >= 11 is 1.35. The van der Waals surface area contributed by atoms with Crippen LogP contribution in [0.3, 0.4) is 0 Å². The van der Waals surface area contributed by atoms with Crippen molar-refractivity contribution in [1.29, 1.82) is 0 Å². The predicted molar refractivity (Wildman–Crippen MR) is 99.3 cm³/mol. The van der Waals surface area contributed by atoms with Crippen LogP contribution in [0.25, 0.3) is 0 Å². The first kappa shape index (κ1) is 16.8. The SMILES string of the molecule is COc1ccc(Nc2nc(C(=O)Nc3ccccc3)cs2)cc1OC. The Labute approximate surface area is 149 Å². The highest BCUT2D eigenvalue weighted by molar-refractivity contribution is 7.14. The van der Waals surface area contributed by atoms with Gasteiger partial charge >= 0.3 is 0 Å². The Hall–Kier alpha value is -3.06. The van der Waals surface area contributed by atoms with E-state index in [-0.39, 0.29) is 5.91 Å². The Morgan fingerprint density at radius 3 is 2.48 bits per heavy atom. The van der Waals surface area contributed by atoms with Crippen LogP contribution >= 0.6 is 11.3 Å². The molecule has 1 heterocycles. The molecular formula is C18H17N3O3S. The molecule has 0 radical (unpaired) electrons. The molecule has 3 aromatic rings. The second kappa shape index (κ2) is 7.67. The molecule has 0 saturated heterocycles. The molecule has 0 saturated carbocycles. The summed E-state index contributed by atoms with van der Waals surface area (Å²) in [5, 5.41) is 8.30. The Kier molecular flexibility index (Phi) is 5.15. The largest absolute Gasteiger partial charge is 0.493 e. The summed E-state index contributed by atoms with van der Waals surface area (Å²) in [6.07, 6.45) is 0. The molecule has 7 heteroatoms. The number of amides is 1. The number of rotatable bonds is 6. The fourth-order valence-electron chi connectivity index (χ4n) is 2.19. The highest BCUT2D eigenvalue weighted by atomic mass is 32.1. The molecule has 0 spiro atoms. The van der Waals surface area contributed by atoms with Crippen LogP contribution in [0.2, 0.25) is 0 Å². The number of nitrogens with zero attached hydrogens (tertiary/aromatic N) is 1. The van der Waals surface area contributed by atoms with Gasteiger partial charge in [0.15, 0.2) is 16.6 Å². The Morgan fingerprint density at radius 1 is 1.00 bits per heavy atom. The molecule has 0 unspecified atom stereocenters. The molecular weight excluding hydrogens is 338 g/mol. The van der Waals surface area contributed by atoms with Crippen LogP contribution in [0.5, 0.6) is 11.5 Å². The number of carbonyl (C=O) groups excluding carboxylic acids is 1. The lowest BCUT2D eigenvalue weighted by atomic mass is 10.3. The quantitative estimate of drug-likeness (QED) is 0.695. The standard InChI is InChI=1S/C18H17N3O3S/c1-23-15-9-8-13(10-16(15)24-2)20-18-21-14(11-25-18)17(22)19-12-6-4-3-5-7-12/h3-11H,1-2H3,(H,19,22)(H,20,21). The van der Waals surface area contributed by atoms with Crippen LogP contribution < -0.4 is 20.1 Å². The van der Waals surface area contributed by atoms with E-state index in [0.717, 1.165) is 11.4 Å². The molecule has 0 aliphatic carbocycles. The van der Waals surface area contributed by atoms with E-state index in [9.17, 15) is 4.79 Å². The topological polar surface area (TPSA) is 72.5 Å². The molecule has 0 bridgehead atoms. The molecule has 0 aliphatic heterocycles. The normalized spacial score (nSPS) is 10.2. The number of nitrogens with one attached hydrogen (secondary N) is 2. The maximum absolute atomic E-state index is 12.2. The Bertz CT molecular complexity index is 865. The minimum atomic E-state index is -0.247. The molecule has 0 atom stereocenters. The predicted octanol–water partition coefficient (Wildman–Crippen LogP) is 4.16. The first-order chi connectivity index (χ1) is 12.2. The number of thiazole rings is 1. The molecule has 6 nitrogen and oxygen atoms in total. The van der Waals surface area contributed by atoms with Gasteiger partial charge in [-0.15, -0.1) is 11.3 Å². The zero-order chi connectivity index (χ0) is 17.6. The van der Waals surface area contributed by atoms with Crippen LogP contribution in [0.15, 0.2) is 53.9 Å². The third kappa shape index (κ3) is 4.07. The average molecular weight is 355 g/mol. The van der Waals surface area contributed by atoms with Crippen molar-refractivity contribution >= 4 is 33.8 Å². The maximum atomic E-state index is 12.2. The van der Waals surface area contributed by atoms with Gasteiger partial charge in [-0.1, -0.05) is 18.2 Å². The third-order valence-corrected chi connectivity index (χ3v) is 4.16. The smallest absolute Gasteiger partial charge is 0.275 e. The van der Waals surface area contributed by atoms with E-state index < -0.39 is 0 Å². The number of methoxy groups -OCH3 is 2. The highest BCUT2D eigenvalue weighted by Crippen LogP contribution is 2.31. The van der Waals surface area contributed by atoms with Gasteiger partial charge in [0.05, 0.1) is 14.2 Å². The van der Waals surface area contributed by atoms with Crippen molar-refractivity contribution in [3.05, 3.63) is 59.6 Å². The van der Waals surface area contributed by atoms with Crippen molar-refractivity contribution in [2.45, 2.75) is 0 Å². The van der Waals surface area contributed by atoms with Crippen LogP contribution in [0.4, 0.5) is 16.5 Å². The Morgan fingerprint density at radius 2 is 1.76 bits per heavy atom. The van der Waals surface area contributed by atoms with E-state index in [1.54, 1.807) is 25.7 Å². The summed E-state index contributed by atoms with van der Waals surface area (Å²) in [4.78, 5) is 16.6. The monoisotopic (exact) mass is 355 g/mol. The summed E-state index contributed by atoms with van der Waals surface area (Å²) in [5.74, 6) is 1.02. The fraction of sp³-hybridized carbons (Fsp3) is 0.111. The lowest BCUT2D eigenvalue weighted by Gasteiger charge is -2.09. The number of hydrogen-bond donors (Lipinski definition) is 2. The lowest BCUT2D eigenvalue weighted by Crippen LogP contribution is -2.12. The fourth-order valence-corrected chi connectivity index (χ4v) is 2.90. The van der Waals surface area contributed by atoms with Gasteiger partial charge in [0.2, 0.25) is 0 Å². The molecule has 1 amide bonds. The molecule has 2 N–H and O–H groups in total. The number of hydrogen-bond acceptors (Lipinski definition) is 6. The van der Waals surface area contributed by atoms with Crippen LogP contribution in [-0.4, -0.2) is 25.1 Å². The number of para-hydroxylation sites is 1. The van der Waals surface area contributed by atoms with E-state index >= 15 is 0 Å². The molecule has 0 fully saturated rings. The van der Waals surface area contributed by atoms with Crippen LogP contribution in [0, 0.1) is 0 Å². The van der Waals surface area contributed by atoms with Gasteiger partial charge in [0.1, 0.15) is 5.69 Å². The van der Waals surface area contributed by atoms with Crippen molar-refractivity contribution in [2.75, 3.05) is 24.9 Å². The van der Waals surface area contributed by atoms with E-state index in [0.29, 0.717) is 22.3 Å². The summed E-state index contributed by atoms with van der Waals surface area (Å²) in [6, 6.07) is 14.7. The first-order valence-corrected chi connectivity index (χ1v) is 8.38. The zero-order valence-corrected chi connectivity index (χ0v) is 14.6. The summed E-state index contributed by atoms with van der Waals surface area (Å²) in [7, 11) is 3.17. The van der Waals surface area contributed by atoms with Gasteiger partial charge in [0.25, 0.3) is 5.91 Å². The molecule has 128 valence electrons. The Balaban J connectivity index is 1.70. The van der Waals surface area contributed by atoms with Crippen molar-refractivity contribution in [3.8, 4) is 11.5 Å². The maximum Gasteiger partial charge on any atom is 0.275 e. The number of aromatic nitrogens is 1. The van der Waals surface area contributed by atoms with E-state index in [2.05, 4.69) is 15.6 Å². The van der Waals surface area contributed by atoms with Gasteiger partial charge in [-0.3, -0.25) is 4.79 Å². The zero-order valence-electron chi connectivity index (χ0n) is 13.8. The number of ether oxygens (including phenoxy) is 2. The molecule has 0 aliphatic rings. The molecule has 2 aromatic carbocycles. The van der Waals surface area contributed by atoms with Crippen molar-refractivity contribution in [2.24, 2.45) is 0 Å². The van der Waals surface area contributed by atoms with Gasteiger partial charge in [0, 0.05) is 22.8 Å². The van der Waals surface area contributed by atoms with E-state index in [1.165, 1.54) is 11.3 Å². The van der Waals surface area contributed by atoms with Crippen LogP contribution in [0.1, 0.15) is 10.5 Å². The summed E-state index contributed by atoms with van der Waals surface area (Å²) in [6.45, 7) is 0. The second-order valence-corrected chi connectivity index (χ2v) is 5.91. The number of carbonyl (C=O) groups is 1. The number of benzene rings is 2. The van der Waals surface area contributed by atoms with Crippen LogP contribution in [-0.2, 0) is 0 Å². The van der Waals surface area contributed by atoms with Gasteiger partial charge in [-0.2, -0.15) is 0 Å². The lowest BCUT2D eigenvalue weighted by molar-refractivity contribution is 0.102. The first-order valence-electron chi connectivity index (χ1n) is 7.50. The molecule has 25 heavy (non-hydrogen) atoms. The molecule has 1 aromatic heterocycles. The van der Waals surface area contributed by atoms with Gasteiger partial charge in [-0.25, -0.2) is 4.98 Å². The van der Waals surface area contributed by atoms with Crippen molar-refractivity contribution in [1.82, 2.24) is 4.98 Å². The third-order valence-electron chi connectivity index (χ3n) is 3.40.